The number of hydrogen-bond acceptors (Lipinski definition) is 4. The predicted molar refractivity (Wildman–Crippen MR) is 82.0 cm³/mol. The molecule has 0 spiro atoms. The number of rotatable bonds is 15. The van der Waals surface area contributed by atoms with Crippen LogP contribution >= 0.6 is 8.60 Å². The molecule has 0 saturated carbocycles. The van der Waals surface area contributed by atoms with Gasteiger partial charge in [-0.05, 0) is 13.0 Å². The predicted octanol–water partition coefficient (Wildman–Crippen LogP) is 3.73. The summed E-state index contributed by atoms with van der Waals surface area (Å²) in [5, 5.41) is 3.23. The van der Waals surface area contributed by atoms with E-state index in [2.05, 4.69) is 16.8 Å². The highest BCUT2D eigenvalue weighted by molar-refractivity contribution is 7.39. The summed E-state index contributed by atoms with van der Waals surface area (Å²) in [5.41, 5.74) is 0. The van der Waals surface area contributed by atoms with E-state index in [1.807, 2.05) is 0 Å². The van der Waals surface area contributed by atoms with Crippen molar-refractivity contribution in [2.45, 2.75) is 71.1 Å². The summed E-state index contributed by atoms with van der Waals surface area (Å²) in [7, 11) is -2.18. The van der Waals surface area contributed by atoms with Crippen LogP contribution in [0, 0.1) is 0 Å². The Kier molecular flexibility index (Phi) is 16.6. The maximum absolute atomic E-state index is 8.51. The van der Waals surface area contributed by atoms with Crippen molar-refractivity contribution in [3.05, 3.63) is 0 Å². The maximum atomic E-state index is 8.51. The largest absolute Gasteiger partial charge is 0.328 e. The molecule has 0 amide bonds. The molecule has 3 N–H and O–H groups in total. The molecule has 19 heavy (non-hydrogen) atoms. The lowest BCUT2D eigenvalue weighted by atomic mass is 10.1. The molecule has 0 aliphatic rings. The van der Waals surface area contributed by atoms with Gasteiger partial charge in [-0.1, -0.05) is 64.7 Å². The average Bonchev–Trinajstić information content (AvgIpc) is 2.39. The van der Waals surface area contributed by atoms with Crippen LogP contribution < -0.4 is 5.32 Å². The molecule has 0 aromatic heterocycles. The second-order valence-corrected chi connectivity index (χ2v) is 5.78. The molecule has 0 fully saturated rings. The van der Waals surface area contributed by atoms with Crippen LogP contribution in [-0.2, 0) is 4.52 Å². The second-order valence-electron chi connectivity index (χ2n) is 5.02. The van der Waals surface area contributed by atoms with Crippen LogP contribution in [0.4, 0.5) is 0 Å². The van der Waals surface area contributed by atoms with Crippen molar-refractivity contribution in [3.8, 4) is 0 Å². The minimum absolute atomic E-state index is 0.371. The lowest BCUT2D eigenvalue weighted by Crippen LogP contribution is -2.20. The second kappa shape index (κ2) is 16.3. The van der Waals surface area contributed by atoms with Crippen LogP contribution in [0.1, 0.15) is 71.1 Å². The third-order valence-corrected chi connectivity index (χ3v) is 3.61. The molecule has 116 valence electrons. The first-order chi connectivity index (χ1) is 9.27. The van der Waals surface area contributed by atoms with Crippen molar-refractivity contribution in [2.24, 2.45) is 0 Å². The summed E-state index contributed by atoms with van der Waals surface area (Å²) in [6, 6.07) is 0. The van der Waals surface area contributed by atoms with Crippen LogP contribution in [0.15, 0.2) is 0 Å². The molecule has 0 aliphatic heterocycles. The molecular weight excluding hydrogens is 261 g/mol. The van der Waals surface area contributed by atoms with E-state index < -0.39 is 8.60 Å². The molecule has 0 heterocycles. The normalized spacial score (nSPS) is 11.4. The van der Waals surface area contributed by atoms with Gasteiger partial charge >= 0.3 is 8.60 Å². The Labute approximate surface area is 119 Å². The standard InChI is InChI=1S/C14H32NO3P/c1-2-3-4-5-6-7-8-9-10-11-12-15-13-14-18-19(16)17/h15-17H,2-14H2,1H3. The fourth-order valence-corrected chi connectivity index (χ4v) is 2.32. The third-order valence-electron chi connectivity index (χ3n) is 3.19. The van der Waals surface area contributed by atoms with Gasteiger partial charge in [0.25, 0.3) is 0 Å². The summed E-state index contributed by atoms with van der Waals surface area (Å²) >= 11 is 0. The van der Waals surface area contributed by atoms with Gasteiger partial charge in [-0.25, -0.2) is 0 Å². The summed E-state index contributed by atoms with van der Waals surface area (Å²) in [4.78, 5) is 17.0. The third kappa shape index (κ3) is 18.3. The topological polar surface area (TPSA) is 61.7 Å². The van der Waals surface area contributed by atoms with E-state index >= 15 is 0 Å². The average molecular weight is 293 g/mol. The lowest BCUT2D eigenvalue weighted by molar-refractivity contribution is 0.254. The first-order valence-electron chi connectivity index (χ1n) is 7.79. The smallest absolute Gasteiger partial charge is 0.327 e. The van der Waals surface area contributed by atoms with Crippen molar-refractivity contribution in [3.63, 3.8) is 0 Å². The molecule has 0 aromatic carbocycles. The minimum Gasteiger partial charge on any atom is -0.328 e. The van der Waals surface area contributed by atoms with Crippen LogP contribution in [0.2, 0.25) is 0 Å². The Balaban J connectivity index is 2.91. The van der Waals surface area contributed by atoms with Crippen LogP contribution in [0.3, 0.4) is 0 Å². The van der Waals surface area contributed by atoms with Gasteiger partial charge in [0.1, 0.15) is 0 Å². The van der Waals surface area contributed by atoms with E-state index in [0.29, 0.717) is 13.2 Å². The SMILES string of the molecule is CCCCCCCCCCCCNCCOP(O)O. The fraction of sp³-hybridized carbons (Fsp3) is 1.00. The molecule has 0 unspecified atom stereocenters. The van der Waals surface area contributed by atoms with Gasteiger partial charge < -0.3 is 19.6 Å². The number of hydrogen-bond donors (Lipinski definition) is 3. The molecule has 0 saturated heterocycles. The van der Waals surface area contributed by atoms with E-state index in [0.717, 1.165) is 6.54 Å². The van der Waals surface area contributed by atoms with Gasteiger partial charge in [-0.15, -0.1) is 0 Å². The monoisotopic (exact) mass is 293 g/mol. The van der Waals surface area contributed by atoms with E-state index in [1.54, 1.807) is 0 Å². The Bertz CT molecular complexity index is 171. The lowest BCUT2D eigenvalue weighted by Gasteiger charge is -2.06. The molecule has 0 aromatic rings. The molecule has 0 atom stereocenters. The molecule has 4 nitrogen and oxygen atoms in total. The van der Waals surface area contributed by atoms with Gasteiger partial charge in [0.15, 0.2) is 0 Å². The zero-order valence-electron chi connectivity index (χ0n) is 12.4. The van der Waals surface area contributed by atoms with Crippen molar-refractivity contribution in [1.82, 2.24) is 5.32 Å². The Morgan fingerprint density at radius 2 is 1.32 bits per heavy atom. The highest BCUT2D eigenvalue weighted by Gasteiger charge is 1.97. The zero-order valence-corrected chi connectivity index (χ0v) is 13.3. The number of nitrogens with one attached hydrogen (secondary N) is 1. The van der Waals surface area contributed by atoms with Crippen molar-refractivity contribution in [2.75, 3.05) is 19.7 Å². The van der Waals surface area contributed by atoms with Crippen molar-refractivity contribution < 1.29 is 14.3 Å². The van der Waals surface area contributed by atoms with Gasteiger partial charge in [0, 0.05) is 6.54 Å². The van der Waals surface area contributed by atoms with Gasteiger partial charge in [0.2, 0.25) is 0 Å². The van der Waals surface area contributed by atoms with Crippen LogP contribution in [-0.4, -0.2) is 29.5 Å². The van der Waals surface area contributed by atoms with Crippen LogP contribution in [0.25, 0.3) is 0 Å². The summed E-state index contributed by atoms with van der Waals surface area (Å²) in [6.45, 7) is 4.31. The Morgan fingerprint density at radius 1 is 0.789 bits per heavy atom. The van der Waals surface area contributed by atoms with Gasteiger partial charge in [-0.2, -0.15) is 0 Å². The molecule has 5 heteroatoms. The van der Waals surface area contributed by atoms with E-state index in [4.69, 9.17) is 9.79 Å². The maximum Gasteiger partial charge on any atom is 0.327 e. The first-order valence-corrected chi connectivity index (χ1v) is 8.95. The van der Waals surface area contributed by atoms with Crippen molar-refractivity contribution in [1.29, 1.82) is 0 Å². The molecule has 0 rings (SSSR count). The van der Waals surface area contributed by atoms with E-state index in [-0.39, 0.29) is 0 Å². The fourth-order valence-electron chi connectivity index (χ4n) is 2.06. The Morgan fingerprint density at radius 3 is 1.84 bits per heavy atom. The van der Waals surface area contributed by atoms with E-state index in [9.17, 15) is 0 Å². The molecular formula is C14H32NO3P. The summed E-state index contributed by atoms with van der Waals surface area (Å²) < 4.78 is 4.66. The molecule has 0 radical (unpaired) electrons. The first kappa shape index (κ1) is 19.3. The quantitative estimate of drug-likeness (QED) is 0.318. The highest BCUT2D eigenvalue weighted by atomic mass is 31.2. The minimum atomic E-state index is -2.18. The Hall–Kier alpha value is 0.270. The molecule has 0 aliphatic carbocycles. The highest BCUT2D eigenvalue weighted by Crippen LogP contribution is 2.22. The molecule has 0 bridgehead atoms. The van der Waals surface area contributed by atoms with Crippen LogP contribution in [0.5, 0.6) is 0 Å². The number of unbranched alkanes of at least 4 members (excludes halogenated alkanes) is 9. The van der Waals surface area contributed by atoms with Gasteiger partial charge in [0.05, 0.1) is 6.61 Å². The summed E-state index contributed by atoms with van der Waals surface area (Å²) in [6.07, 6.45) is 13.5. The van der Waals surface area contributed by atoms with E-state index in [1.165, 1.54) is 64.2 Å². The van der Waals surface area contributed by atoms with Crippen molar-refractivity contribution >= 4 is 8.60 Å². The van der Waals surface area contributed by atoms with Gasteiger partial charge in [-0.3, -0.25) is 0 Å². The summed E-state index contributed by atoms with van der Waals surface area (Å²) in [5.74, 6) is 0. The zero-order chi connectivity index (χ0) is 14.2.